The van der Waals surface area contributed by atoms with Crippen molar-refractivity contribution in [2.24, 2.45) is 5.92 Å². The highest BCUT2D eigenvalue weighted by Crippen LogP contribution is 2.27. The Bertz CT molecular complexity index is 522. The second kappa shape index (κ2) is 7.73. The fraction of sp³-hybridized carbons (Fsp3) is 0.429. The number of nitrogens with one attached hydrogen (secondary N) is 2. The van der Waals surface area contributed by atoms with E-state index in [1.54, 1.807) is 19.1 Å². The Morgan fingerprint density at radius 3 is 2.57 bits per heavy atom. The average molecular weight is 315 g/mol. The molecule has 0 aliphatic heterocycles. The Morgan fingerprint density at radius 2 is 2.10 bits per heavy atom. The molecule has 0 radical (unpaired) electrons. The molecule has 2 atom stereocenters. The van der Waals surface area contributed by atoms with Crippen LogP contribution >= 0.6 is 11.6 Å². The fourth-order valence-electron chi connectivity index (χ4n) is 1.74. The number of urea groups is 1. The predicted molar refractivity (Wildman–Crippen MR) is 81.0 cm³/mol. The van der Waals surface area contributed by atoms with Gasteiger partial charge in [-0.2, -0.15) is 0 Å². The van der Waals surface area contributed by atoms with Gasteiger partial charge in [-0.1, -0.05) is 31.9 Å². The van der Waals surface area contributed by atoms with Crippen LogP contribution in [0, 0.1) is 5.92 Å². The van der Waals surface area contributed by atoms with Gasteiger partial charge >= 0.3 is 12.0 Å². The van der Waals surface area contributed by atoms with Gasteiger partial charge in [0.2, 0.25) is 0 Å². The van der Waals surface area contributed by atoms with Gasteiger partial charge in [0.05, 0.1) is 12.1 Å². The van der Waals surface area contributed by atoms with Crippen LogP contribution in [0.25, 0.3) is 0 Å². The van der Waals surface area contributed by atoms with Gasteiger partial charge in [0.15, 0.2) is 0 Å². The smallest absolute Gasteiger partial charge is 0.326 e. The number of carboxylic acid groups (broad SMARTS) is 1. The van der Waals surface area contributed by atoms with Crippen LogP contribution in [0.4, 0.5) is 10.5 Å². The van der Waals surface area contributed by atoms with Crippen molar-refractivity contribution in [1.82, 2.24) is 5.32 Å². The maximum Gasteiger partial charge on any atom is 0.326 e. The minimum Gasteiger partial charge on any atom is -0.495 e. The number of carbonyl (C=O) groups excluding carboxylic acids is 1. The zero-order valence-electron chi connectivity index (χ0n) is 12.1. The number of methoxy groups -OCH3 is 1. The molecule has 116 valence electrons. The van der Waals surface area contributed by atoms with Gasteiger partial charge < -0.3 is 20.5 Å². The standard InChI is InChI=1S/C14H19ClN2O4/c1-4-8(2)12(13(18)19)17-14(20)16-9-5-6-11(21-3)10(15)7-9/h5-8,12H,4H2,1-3H3,(H,18,19)(H2,16,17,20). The zero-order chi connectivity index (χ0) is 16.0. The van der Waals surface area contributed by atoms with Crippen molar-refractivity contribution in [3.05, 3.63) is 23.2 Å². The summed E-state index contributed by atoms with van der Waals surface area (Å²) in [6, 6.07) is 3.22. The topological polar surface area (TPSA) is 87.7 Å². The van der Waals surface area contributed by atoms with Crippen molar-refractivity contribution >= 4 is 29.3 Å². The first-order chi connectivity index (χ1) is 9.88. The molecule has 2 amide bonds. The monoisotopic (exact) mass is 314 g/mol. The van der Waals surface area contributed by atoms with Crippen LogP contribution in [0.3, 0.4) is 0 Å². The van der Waals surface area contributed by atoms with Crippen molar-refractivity contribution in [2.45, 2.75) is 26.3 Å². The molecule has 0 saturated carbocycles. The van der Waals surface area contributed by atoms with Crippen LogP contribution in [-0.4, -0.2) is 30.3 Å². The summed E-state index contributed by atoms with van der Waals surface area (Å²) >= 11 is 5.95. The Labute approximate surface area is 128 Å². The quantitative estimate of drug-likeness (QED) is 0.753. The summed E-state index contributed by atoms with van der Waals surface area (Å²) in [5.41, 5.74) is 0.451. The highest BCUT2D eigenvalue weighted by molar-refractivity contribution is 6.32. The lowest BCUT2D eigenvalue weighted by Crippen LogP contribution is -2.46. The number of hydrogen-bond acceptors (Lipinski definition) is 3. The minimum atomic E-state index is -1.06. The van der Waals surface area contributed by atoms with Crippen LogP contribution in [-0.2, 0) is 4.79 Å². The Kier molecular flexibility index (Phi) is 6.30. The summed E-state index contributed by atoms with van der Waals surface area (Å²) in [6.45, 7) is 3.63. The summed E-state index contributed by atoms with van der Waals surface area (Å²) in [5.74, 6) is -0.745. The molecule has 21 heavy (non-hydrogen) atoms. The van der Waals surface area contributed by atoms with E-state index in [1.807, 2.05) is 6.92 Å². The summed E-state index contributed by atoms with van der Waals surface area (Å²) in [6.07, 6.45) is 0.644. The fourth-order valence-corrected chi connectivity index (χ4v) is 1.99. The summed E-state index contributed by atoms with van der Waals surface area (Å²) in [7, 11) is 1.49. The molecule has 1 rings (SSSR count). The van der Waals surface area contributed by atoms with Crippen molar-refractivity contribution < 1.29 is 19.4 Å². The van der Waals surface area contributed by atoms with E-state index < -0.39 is 18.0 Å². The van der Waals surface area contributed by atoms with Crippen molar-refractivity contribution in [3.63, 3.8) is 0 Å². The Hall–Kier alpha value is -1.95. The highest BCUT2D eigenvalue weighted by atomic mass is 35.5. The molecule has 7 heteroatoms. The molecule has 0 aliphatic rings. The van der Waals surface area contributed by atoms with Crippen molar-refractivity contribution in [1.29, 1.82) is 0 Å². The first-order valence-electron chi connectivity index (χ1n) is 6.52. The van der Waals surface area contributed by atoms with E-state index in [1.165, 1.54) is 13.2 Å². The molecule has 0 fully saturated rings. The molecule has 0 bridgehead atoms. The lowest BCUT2D eigenvalue weighted by atomic mass is 9.99. The van der Waals surface area contributed by atoms with Crippen molar-refractivity contribution in [2.75, 3.05) is 12.4 Å². The zero-order valence-corrected chi connectivity index (χ0v) is 12.9. The number of carbonyl (C=O) groups is 2. The van der Waals surface area contributed by atoms with E-state index in [2.05, 4.69) is 10.6 Å². The van der Waals surface area contributed by atoms with E-state index in [9.17, 15) is 9.59 Å². The normalized spacial score (nSPS) is 13.1. The van der Waals surface area contributed by atoms with E-state index in [4.69, 9.17) is 21.4 Å². The molecule has 0 saturated heterocycles. The first-order valence-corrected chi connectivity index (χ1v) is 6.90. The lowest BCUT2D eigenvalue weighted by molar-refractivity contribution is -0.140. The molecule has 0 aromatic heterocycles. The number of amides is 2. The van der Waals surface area contributed by atoms with Gasteiger partial charge in [-0.15, -0.1) is 0 Å². The van der Waals surface area contributed by atoms with Gasteiger partial charge in [-0.05, 0) is 24.1 Å². The summed E-state index contributed by atoms with van der Waals surface area (Å²) < 4.78 is 5.01. The van der Waals surface area contributed by atoms with Crippen LogP contribution < -0.4 is 15.4 Å². The number of hydrogen-bond donors (Lipinski definition) is 3. The molecule has 1 aromatic carbocycles. The molecule has 0 spiro atoms. The molecule has 1 aromatic rings. The minimum absolute atomic E-state index is 0.173. The van der Waals surface area contributed by atoms with Gasteiger partial charge in [-0.25, -0.2) is 9.59 Å². The number of aliphatic carboxylic acids is 1. The summed E-state index contributed by atoms with van der Waals surface area (Å²) in [4.78, 5) is 23.0. The molecule has 3 N–H and O–H groups in total. The molecule has 2 unspecified atom stereocenters. The van der Waals surface area contributed by atoms with Gasteiger partial charge in [0.1, 0.15) is 11.8 Å². The second-order valence-electron chi connectivity index (χ2n) is 4.65. The van der Waals surface area contributed by atoms with E-state index in [0.717, 1.165) is 0 Å². The first kappa shape index (κ1) is 17.1. The largest absolute Gasteiger partial charge is 0.495 e. The predicted octanol–water partition coefficient (Wildman–Crippen LogP) is 2.97. The molecule has 6 nitrogen and oxygen atoms in total. The average Bonchev–Trinajstić information content (AvgIpc) is 2.44. The number of rotatable bonds is 6. The number of halogens is 1. The lowest BCUT2D eigenvalue weighted by Gasteiger charge is -2.20. The van der Waals surface area contributed by atoms with Crippen LogP contribution in [0.1, 0.15) is 20.3 Å². The second-order valence-corrected chi connectivity index (χ2v) is 5.06. The summed E-state index contributed by atoms with van der Waals surface area (Å²) in [5, 5.41) is 14.5. The van der Waals surface area contributed by atoms with E-state index in [0.29, 0.717) is 22.9 Å². The number of anilines is 1. The maximum atomic E-state index is 11.9. The van der Waals surface area contributed by atoms with Crippen molar-refractivity contribution in [3.8, 4) is 5.75 Å². The van der Waals surface area contributed by atoms with Gasteiger partial charge in [0, 0.05) is 5.69 Å². The Morgan fingerprint density at radius 1 is 1.43 bits per heavy atom. The van der Waals surface area contributed by atoms with Crippen LogP contribution in [0.15, 0.2) is 18.2 Å². The van der Waals surface area contributed by atoms with E-state index >= 15 is 0 Å². The third kappa shape index (κ3) is 4.82. The maximum absolute atomic E-state index is 11.9. The number of ether oxygens (including phenoxy) is 1. The van der Waals surface area contributed by atoms with E-state index in [-0.39, 0.29) is 5.92 Å². The molecular weight excluding hydrogens is 296 g/mol. The van der Waals surface area contributed by atoms with Gasteiger partial charge in [0.25, 0.3) is 0 Å². The number of benzene rings is 1. The van der Waals surface area contributed by atoms with Crippen LogP contribution in [0.5, 0.6) is 5.75 Å². The van der Waals surface area contributed by atoms with Gasteiger partial charge in [-0.3, -0.25) is 0 Å². The third-order valence-corrected chi connectivity index (χ3v) is 3.47. The molecular formula is C14H19ClN2O4. The Balaban J connectivity index is 2.72. The molecule has 0 heterocycles. The molecule has 0 aliphatic carbocycles. The third-order valence-electron chi connectivity index (χ3n) is 3.18. The highest BCUT2D eigenvalue weighted by Gasteiger charge is 2.25. The SMILES string of the molecule is CCC(C)C(NC(=O)Nc1ccc(OC)c(Cl)c1)C(=O)O. The van der Waals surface area contributed by atoms with Crippen LogP contribution in [0.2, 0.25) is 5.02 Å². The number of carboxylic acids is 1.